The highest BCUT2D eigenvalue weighted by Gasteiger charge is 2.23. The summed E-state index contributed by atoms with van der Waals surface area (Å²) < 4.78 is 1.06. The minimum atomic E-state index is 0.200. The lowest BCUT2D eigenvalue weighted by Gasteiger charge is -2.21. The van der Waals surface area contributed by atoms with Crippen LogP contribution < -0.4 is 5.01 Å². The summed E-state index contributed by atoms with van der Waals surface area (Å²) >= 11 is 3.41. The molecule has 1 heterocycles. The standard InChI is InChI=1S/C11H12BrN3/c1-8(2)11-7-13-14-15(11)10-5-3-9(12)4-6-10/h3-6,11H,1,7H2,2H3/t11-/m1/s1. The molecule has 1 atom stereocenters. The molecular formula is C11H12BrN3. The minimum absolute atomic E-state index is 0.200. The maximum absolute atomic E-state index is 4.12. The Morgan fingerprint density at radius 1 is 1.47 bits per heavy atom. The van der Waals surface area contributed by atoms with Gasteiger partial charge in [0.2, 0.25) is 0 Å². The number of hydrogen-bond acceptors (Lipinski definition) is 3. The Hall–Kier alpha value is -1.16. The SMILES string of the molecule is C=C(C)[C@H]1CN=NN1c1ccc(Br)cc1. The Morgan fingerprint density at radius 2 is 2.13 bits per heavy atom. The summed E-state index contributed by atoms with van der Waals surface area (Å²) in [5, 5.41) is 10.1. The van der Waals surface area contributed by atoms with Gasteiger partial charge in [-0.2, -0.15) is 5.11 Å². The Balaban J connectivity index is 2.26. The molecule has 0 bridgehead atoms. The van der Waals surface area contributed by atoms with Crippen molar-refractivity contribution in [1.29, 1.82) is 0 Å². The molecule has 1 aromatic rings. The zero-order chi connectivity index (χ0) is 10.8. The Bertz CT molecular complexity index is 397. The van der Waals surface area contributed by atoms with E-state index < -0.39 is 0 Å². The fourth-order valence-electron chi connectivity index (χ4n) is 1.51. The van der Waals surface area contributed by atoms with Crippen molar-refractivity contribution in [3.8, 4) is 0 Å². The fraction of sp³-hybridized carbons (Fsp3) is 0.273. The van der Waals surface area contributed by atoms with Crippen LogP contribution in [0.4, 0.5) is 5.69 Å². The quantitative estimate of drug-likeness (QED) is 0.752. The maximum atomic E-state index is 4.12. The Kier molecular flexibility index (Phi) is 2.86. The lowest BCUT2D eigenvalue weighted by atomic mass is 10.1. The number of hydrogen-bond donors (Lipinski definition) is 0. The van der Waals surface area contributed by atoms with Crippen LogP contribution in [0, 0.1) is 0 Å². The third-order valence-electron chi connectivity index (χ3n) is 2.37. The van der Waals surface area contributed by atoms with Gasteiger partial charge < -0.3 is 0 Å². The molecule has 0 saturated heterocycles. The first-order valence-corrected chi connectivity index (χ1v) is 5.55. The van der Waals surface area contributed by atoms with Gasteiger partial charge in [-0.3, -0.25) is 0 Å². The van der Waals surface area contributed by atoms with Crippen molar-refractivity contribution in [2.75, 3.05) is 11.6 Å². The van der Waals surface area contributed by atoms with Crippen LogP contribution in [-0.4, -0.2) is 12.6 Å². The van der Waals surface area contributed by atoms with Gasteiger partial charge in [0, 0.05) is 4.47 Å². The molecular weight excluding hydrogens is 254 g/mol. The molecule has 0 radical (unpaired) electrons. The number of rotatable bonds is 2. The van der Waals surface area contributed by atoms with Crippen LogP contribution in [0.1, 0.15) is 6.92 Å². The van der Waals surface area contributed by atoms with Crippen molar-refractivity contribution < 1.29 is 0 Å². The highest BCUT2D eigenvalue weighted by molar-refractivity contribution is 9.10. The molecule has 1 aliphatic rings. The molecule has 0 spiro atoms. The minimum Gasteiger partial charge on any atom is -0.238 e. The largest absolute Gasteiger partial charge is 0.238 e. The van der Waals surface area contributed by atoms with Gasteiger partial charge in [-0.1, -0.05) is 33.3 Å². The molecule has 0 amide bonds. The molecule has 0 aromatic heterocycles. The van der Waals surface area contributed by atoms with Crippen molar-refractivity contribution in [3.63, 3.8) is 0 Å². The van der Waals surface area contributed by atoms with E-state index in [2.05, 4.69) is 32.8 Å². The van der Waals surface area contributed by atoms with Crippen molar-refractivity contribution >= 4 is 21.6 Å². The van der Waals surface area contributed by atoms with Crippen LogP contribution in [0.25, 0.3) is 0 Å². The molecule has 1 aliphatic heterocycles. The third-order valence-corrected chi connectivity index (χ3v) is 2.90. The van der Waals surface area contributed by atoms with Gasteiger partial charge in [-0.15, -0.1) is 0 Å². The summed E-state index contributed by atoms with van der Waals surface area (Å²) in [5.41, 5.74) is 2.13. The maximum Gasteiger partial charge on any atom is 0.0961 e. The van der Waals surface area contributed by atoms with Gasteiger partial charge in [0.25, 0.3) is 0 Å². The highest BCUT2D eigenvalue weighted by Crippen LogP contribution is 2.26. The second-order valence-electron chi connectivity index (χ2n) is 3.60. The van der Waals surface area contributed by atoms with Crippen molar-refractivity contribution in [2.45, 2.75) is 13.0 Å². The number of anilines is 1. The Labute approximate surface area is 97.6 Å². The zero-order valence-corrected chi connectivity index (χ0v) is 10.1. The summed E-state index contributed by atoms with van der Waals surface area (Å²) in [4.78, 5) is 0. The summed E-state index contributed by atoms with van der Waals surface area (Å²) in [6.07, 6.45) is 0. The lowest BCUT2D eigenvalue weighted by molar-refractivity contribution is 0.773. The number of benzene rings is 1. The molecule has 0 unspecified atom stereocenters. The first kappa shape index (κ1) is 10.4. The van der Waals surface area contributed by atoms with Gasteiger partial charge in [-0.05, 0) is 31.2 Å². The molecule has 0 aliphatic carbocycles. The topological polar surface area (TPSA) is 28.0 Å². The van der Waals surface area contributed by atoms with E-state index in [-0.39, 0.29) is 6.04 Å². The fourth-order valence-corrected chi connectivity index (χ4v) is 1.78. The molecule has 2 rings (SSSR count). The predicted molar refractivity (Wildman–Crippen MR) is 64.9 cm³/mol. The normalized spacial score (nSPS) is 19.6. The van der Waals surface area contributed by atoms with Crippen LogP contribution >= 0.6 is 15.9 Å². The second-order valence-corrected chi connectivity index (χ2v) is 4.51. The van der Waals surface area contributed by atoms with E-state index in [0.29, 0.717) is 6.54 Å². The second kappa shape index (κ2) is 4.14. The summed E-state index contributed by atoms with van der Waals surface area (Å²) in [7, 11) is 0. The van der Waals surface area contributed by atoms with Crippen molar-refractivity contribution in [2.24, 2.45) is 10.3 Å². The van der Waals surface area contributed by atoms with Gasteiger partial charge in [0.05, 0.1) is 18.3 Å². The molecule has 0 saturated carbocycles. The smallest absolute Gasteiger partial charge is 0.0961 e. The van der Waals surface area contributed by atoms with Crippen LogP contribution in [-0.2, 0) is 0 Å². The van der Waals surface area contributed by atoms with Crippen LogP contribution in [0.15, 0.2) is 51.2 Å². The highest BCUT2D eigenvalue weighted by atomic mass is 79.9. The molecule has 0 N–H and O–H groups in total. The monoisotopic (exact) mass is 265 g/mol. The van der Waals surface area contributed by atoms with Crippen LogP contribution in [0.2, 0.25) is 0 Å². The van der Waals surface area contributed by atoms with E-state index in [0.717, 1.165) is 15.7 Å². The van der Waals surface area contributed by atoms with Gasteiger partial charge >= 0.3 is 0 Å². The van der Waals surface area contributed by atoms with Crippen molar-refractivity contribution in [1.82, 2.24) is 0 Å². The number of halogens is 1. The molecule has 3 nitrogen and oxygen atoms in total. The zero-order valence-electron chi connectivity index (χ0n) is 8.52. The summed E-state index contributed by atoms with van der Waals surface area (Å²) in [5.74, 6) is 0. The van der Waals surface area contributed by atoms with E-state index in [1.807, 2.05) is 36.2 Å². The first-order valence-electron chi connectivity index (χ1n) is 4.76. The summed E-state index contributed by atoms with van der Waals surface area (Å²) in [6.45, 7) is 6.67. The third kappa shape index (κ3) is 2.09. The molecule has 15 heavy (non-hydrogen) atoms. The van der Waals surface area contributed by atoms with Gasteiger partial charge in [0.15, 0.2) is 0 Å². The van der Waals surface area contributed by atoms with Gasteiger partial charge in [0.1, 0.15) is 0 Å². The van der Waals surface area contributed by atoms with E-state index >= 15 is 0 Å². The molecule has 4 heteroatoms. The Morgan fingerprint density at radius 3 is 2.73 bits per heavy atom. The van der Waals surface area contributed by atoms with Crippen molar-refractivity contribution in [3.05, 3.63) is 40.9 Å². The molecule has 0 fully saturated rings. The van der Waals surface area contributed by atoms with Gasteiger partial charge in [-0.25, -0.2) is 5.01 Å². The lowest BCUT2D eigenvalue weighted by Crippen LogP contribution is -2.29. The van der Waals surface area contributed by atoms with E-state index in [4.69, 9.17) is 0 Å². The average Bonchev–Trinajstić information content (AvgIpc) is 2.67. The van der Waals surface area contributed by atoms with Crippen LogP contribution in [0.3, 0.4) is 0 Å². The number of nitrogens with zero attached hydrogens (tertiary/aromatic N) is 3. The van der Waals surface area contributed by atoms with E-state index in [9.17, 15) is 0 Å². The molecule has 1 aromatic carbocycles. The average molecular weight is 266 g/mol. The summed E-state index contributed by atoms with van der Waals surface area (Å²) in [6, 6.07) is 8.23. The molecule has 78 valence electrons. The van der Waals surface area contributed by atoms with E-state index in [1.165, 1.54) is 0 Å². The predicted octanol–water partition coefficient (Wildman–Crippen LogP) is 3.58. The van der Waals surface area contributed by atoms with Crippen LogP contribution in [0.5, 0.6) is 0 Å². The first-order chi connectivity index (χ1) is 7.18. The van der Waals surface area contributed by atoms with E-state index in [1.54, 1.807) is 0 Å².